The van der Waals surface area contributed by atoms with E-state index in [1.807, 2.05) is 30.3 Å². The van der Waals surface area contributed by atoms with E-state index in [9.17, 15) is 4.79 Å². The number of ether oxygens (including phenoxy) is 1. The lowest BCUT2D eigenvalue weighted by Crippen LogP contribution is -2.37. The van der Waals surface area contributed by atoms with Crippen molar-refractivity contribution in [3.8, 4) is 0 Å². The molecule has 1 aliphatic rings. The summed E-state index contributed by atoms with van der Waals surface area (Å²) < 4.78 is 5.50. The molecule has 92 valence electrons. The Morgan fingerprint density at radius 1 is 1.47 bits per heavy atom. The van der Waals surface area contributed by atoms with Crippen LogP contribution in [-0.2, 0) is 9.53 Å². The molecule has 17 heavy (non-hydrogen) atoms. The molecule has 2 rings (SSSR count). The van der Waals surface area contributed by atoms with Gasteiger partial charge in [0.05, 0.1) is 6.10 Å². The maximum Gasteiger partial charge on any atom is 0.239 e. The van der Waals surface area contributed by atoms with Crippen molar-refractivity contribution in [2.75, 3.05) is 13.2 Å². The summed E-state index contributed by atoms with van der Waals surface area (Å²) in [5.41, 5.74) is 6.31. The van der Waals surface area contributed by atoms with Gasteiger partial charge in [0.1, 0.15) is 6.04 Å². The average Bonchev–Trinajstić information content (AvgIpc) is 2.83. The number of carbonyl (C=O) groups excluding carboxylic acids is 1. The number of carbonyl (C=O) groups is 1. The van der Waals surface area contributed by atoms with E-state index >= 15 is 0 Å². The standard InChI is InChI=1S/C13H18N2O2/c14-13(16)12(10-5-2-1-3-6-10)15-9-11-7-4-8-17-11/h1-3,5-6,11-12,15H,4,7-9H2,(H2,14,16). The van der Waals surface area contributed by atoms with Crippen molar-refractivity contribution >= 4 is 5.91 Å². The molecule has 0 spiro atoms. The van der Waals surface area contributed by atoms with Gasteiger partial charge in [-0.3, -0.25) is 10.1 Å². The Balaban J connectivity index is 1.95. The van der Waals surface area contributed by atoms with E-state index in [0.717, 1.165) is 25.0 Å². The van der Waals surface area contributed by atoms with Crippen molar-refractivity contribution in [2.45, 2.75) is 25.0 Å². The molecule has 1 aromatic rings. The summed E-state index contributed by atoms with van der Waals surface area (Å²) in [6.07, 6.45) is 2.35. The van der Waals surface area contributed by atoms with Gasteiger partial charge in [0.2, 0.25) is 5.91 Å². The molecular formula is C13H18N2O2. The summed E-state index contributed by atoms with van der Waals surface area (Å²) in [7, 11) is 0. The third-order valence-corrected chi connectivity index (χ3v) is 2.99. The molecule has 0 aliphatic carbocycles. The first-order valence-electron chi connectivity index (χ1n) is 5.96. The lowest BCUT2D eigenvalue weighted by molar-refractivity contribution is -0.120. The van der Waals surface area contributed by atoms with Crippen LogP contribution in [-0.4, -0.2) is 25.2 Å². The molecule has 3 N–H and O–H groups in total. The van der Waals surface area contributed by atoms with Gasteiger partial charge in [0, 0.05) is 13.2 Å². The molecule has 0 radical (unpaired) electrons. The fraction of sp³-hybridized carbons (Fsp3) is 0.462. The molecule has 2 atom stereocenters. The first-order valence-corrected chi connectivity index (χ1v) is 5.96. The molecule has 0 saturated carbocycles. The summed E-state index contributed by atoms with van der Waals surface area (Å²) in [6, 6.07) is 9.09. The third kappa shape index (κ3) is 3.28. The van der Waals surface area contributed by atoms with Gasteiger partial charge in [0.15, 0.2) is 0 Å². The van der Waals surface area contributed by atoms with E-state index in [2.05, 4.69) is 5.32 Å². The summed E-state index contributed by atoms with van der Waals surface area (Å²) in [4.78, 5) is 11.4. The van der Waals surface area contributed by atoms with Gasteiger partial charge in [-0.1, -0.05) is 30.3 Å². The van der Waals surface area contributed by atoms with Crippen LogP contribution in [0.5, 0.6) is 0 Å². The zero-order chi connectivity index (χ0) is 12.1. The van der Waals surface area contributed by atoms with Crippen LogP contribution >= 0.6 is 0 Å². The molecule has 0 aromatic heterocycles. The second-order valence-corrected chi connectivity index (χ2v) is 4.29. The smallest absolute Gasteiger partial charge is 0.239 e. The van der Waals surface area contributed by atoms with Crippen LogP contribution in [0.3, 0.4) is 0 Å². The Labute approximate surface area is 101 Å². The molecule has 4 nitrogen and oxygen atoms in total. The molecule has 1 amide bonds. The summed E-state index contributed by atoms with van der Waals surface area (Å²) in [5, 5.41) is 3.18. The van der Waals surface area contributed by atoms with E-state index in [1.165, 1.54) is 0 Å². The van der Waals surface area contributed by atoms with Crippen molar-refractivity contribution in [2.24, 2.45) is 5.73 Å². The Hall–Kier alpha value is -1.39. The molecule has 4 heteroatoms. The molecule has 2 unspecified atom stereocenters. The summed E-state index contributed by atoms with van der Waals surface area (Å²) in [6.45, 7) is 1.49. The van der Waals surface area contributed by atoms with E-state index in [-0.39, 0.29) is 12.0 Å². The monoisotopic (exact) mass is 234 g/mol. The van der Waals surface area contributed by atoms with E-state index in [4.69, 9.17) is 10.5 Å². The maximum atomic E-state index is 11.4. The number of nitrogens with one attached hydrogen (secondary N) is 1. The second kappa shape index (κ2) is 5.80. The number of hydrogen-bond donors (Lipinski definition) is 2. The topological polar surface area (TPSA) is 64.4 Å². The van der Waals surface area contributed by atoms with Crippen molar-refractivity contribution in [1.82, 2.24) is 5.32 Å². The Morgan fingerprint density at radius 2 is 2.24 bits per heavy atom. The highest BCUT2D eigenvalue weighted by atomic mass is 16.5. The number of amides is 1. The molecule has 1 heterocycles. The van der Waals surface area contributed by atoms with E-state index in [1.54, 1.807) is 0 Å². The highest BCUT2D eigenvalue weighted by Crippen LogP contribution is 2.15. The minimum Gasteiger partial charge on any atom is -0.377 e. The first-order chi connectivity index (χ1) is 8.27. The quantitative estimate of drug-likeness (QED) is 0.798. The largest absolute Gasteiger partial charge is 0.377 e. The van der Waals surface area contributed by atoms with Gasteiger partial charge in [0.25, 0.3) is 0 Å². The van der Waals surface area contributed by atoms with Crippen LogP contribution in [0.25, 0.3) is 0 Å². The highest BCUT2D eigenvalue weighted by Gasteiger charge is 2.21. The van der Waals surface area contributed by atoms with Crippen molar-refractivity contribution < 1.29 is 9.53 Å². The minimum absolute atomic E-state index is 0.209. The van der Waals surface area contributed by atoms with Crippen LogP contribution in [0.15, 0.2) is 30.3 Å². The SMILES string of the molecule is NC(=O)C(NCC1CCCO1)c1ccccc1. The average molecular weight is 234 g/mol. The zero-order valence-corrected chi connectivity index (χ0v) is 9.76. The molecule has 1 saturated heterocycles. The third-order valence-electron chi connectivity index (χ3n) is 2.99. The van der Waals surface area contributed by atoms with Crippen LogP contribution in [0.1, 0.15) is 24.4 Å². The Kier molecular flexibility index (Phi) is 4.12. The molecule has 1 aromatic carbocycles. The van der Waals surface area contributed by atoms with Gasteiger partial charge < -0.3 is 10.5 Å². The highest BCUT2D eigenvalue weighted by molar-refractivity contribution is 5.81. The van der Waals surface area contributed by atoms with E-state index in [0.29, 0.717) is 6.54 Å². The summed E-state index contributed by atoms with van der Waals surface area (Å²) in [5.74, 6) is -0.353. The minimum atomic E-state index is -0.430. The number of hydrogen-bond acceptors (Lipinski definition) is 3. The van der Waals surface area contributed by atoms with Gasteiger partial charge in [-0.25, -0.2) is 0 Å². The molecular weight excluding hydrogens is 216 g/mol. The molecule has 1 fully saturated rings. The van der Waals surface area contributed by atoms with E-state index < -0.39 is 6.04 Å². The van der Waals surface area contributed by atoms with Crippen LogP contribution in [0.4, 0.5) is 0 Å². The maximum absolute atomic E-state index is 11.4. The van der Waals surface area contributed by atoms with Crippen LogP contribution in [0, 0.1) is 0 Å². The van der Waals surface area contributed by atoms with Crippen molar-refractivity contribution in [3.63, 3.8) is 0 Å². The normalized spacial score (nSPS) is 21.3. The first kappa shape index (κ1) is 12.1. The number of primary amides is 1. The number of rotatable bonds is 5. The Morgan fingerprint density at radius 3 is 2.82 bits per heavy atom. The fourth-order valence-corrected chi connectivity index (χ4v) is 2.08. The van der Waals surface area contributed by atoms with Gasteiger partial charge >= 0.3 is 0 Å². The number of nitrogens with two attached hydrogens (primary N) is 1. The Bertz CT molecular complexity index is 361. The second-order valence-electron chi connectivity index (χ2n) is 4.29. The lowest BCUT2D eigenvalue weighted by Gasteiger charge is -2.18. The van der Waals surface area contributed by atoms with Crippen LogP contribution < -0.4 is 11.1 Å². The summed E-state index contributed by atoms with van der Waals surface area (Å²) >= 11 is 0. The molecule has 1 aliphatic heterocycles. The molecule has 0 bridgehead atoms. The van der Waals surface area contributed by atoms with Gasteiger partial charge in [-0.15, -0.1) is 0 Å². The predicted octanol–water partition coefficient (Wildman–Crippen LogP) is 0.982. The lowest BCUT2D eigenvalue weighted by atomic mass is 10.1. The number of benzene rings is 1. The van der Waals surface area contributed by atoms with Gasteiger partial charge in [-0.05, 0) is 18.4 Å². The fourth-order valence-electron chi connectivity index (χ4n) is 2.08. The van der Waals surface area contributed by atoms with Crippen LogP contribution in [0.2, 0.25) is 0 Å². The predicted molar refractivity (Wildman–Crippen MR) is 65.4 cm³/mol. The zero-order valence-electron chi connectivity index (χ0n) is 9.76. The van der Waals surface area contributed by atoms with Gasteiger partial charge in [-0.2, -0.15) is 0 Å². The van der Waals surface area contributed by atoms with Crippen molar-refractivity contribution in [1.29, 1.82) is 0 Å². The van der Waals surface area contributed by atoms with Crippen molar-refractivity contribution in [3.05, 3.63) is 35.9 Å².